The standard InChI is InChI=1S/C15H23BrN2S/c1-11(15-9-13(16)10-19-15)18-7-4-12(5-8-18)14-3-2-6-17-14/h9-12,14,17H,2-8H2,1H3. The third-order valence-corrected chi connectivity index (χ3v) is 6.65. The van der Waals surface area contributed by atoms with Gasteiger partial charge >= 0.3 is 0 Å². The molecule has 1 N–H and O–H groups in total. The Bertz CT molecular complexity index is 406. The van der Waals surface area contributed by atoms with Crippen molar-refractivity contribution in [3.8, 4) is 0 Å². The highest BCUT2D eigenvalue weighted by atomic mass is 79.9. The third-order valence-electron chi connectivity index (χ3n) is 4.79. The van der Waals surface area contributed by atoms with Crippen LogP contribution in [-0.2, 0) is 0 Å². The summed E-state index contributed by atoms with van der Waals surface area (Å²) in [5.74, 6) is 0.918. The fourth-order valence-corrected chi connectivity index (χ4v) is 5.09. The maximum atomic E-state index is 3.68. The second-order valence-corrected chi connectivity index (χ2v) is 7.78. The van der Waals surface area contributed by atoms with E-state index in [-0.39, 0.29) is 0 Å². The van der Waals surface area contributed by atoms with Crippen LogP contribution in [0.3, 0.4) is 0 Å². The summed E-state index contributed by atoms with van der Waals surface area (Å²) in [6.45, 7) is 6.12. The van der Waals surface area contributed by atoms with Crippen LogP contribution in [0.25, 0.3) is 0 Å². The maximum Gasteiger partial charge on any atom is 0.0413 e. The minimum atomic E-state index is 0.578. The van der Waals surface area contributed by atoms with Crippen LogP contribution in [0.4, 0.5) is 0 Å². The summed E-state index contributed by atoms with van der Waals surface area (Å²) >= 11 is 5.44. The number of rotatable bonds is 3. The predicted octanol–water partition coefficient (Wildman–Crippen LogP) is 4.04. The van der Waals surface area contributed by atoms with Crippen LogP contribution in [0, 0.1) is 5.92 Å². The van der Waals surface area contributed by atoms with Gasteiger partial charge in [0, 0.05) is 26.8 Å². The summed E-state index contributed by atoms with van der Waals surface area (Å²) < 4.78 is 1.23. The summed E-state index contributed by atoms with van der Waals surface area (Å²) in [4.78, 5) is 4.15. The first kappa shape index (κ1) is 14.1. The Hall–Kier alpha value is 0.1000. The van der Waals surface area contributed by atoms with Crippen molar-refractivity contribution in [2.45, 2.75) is 44.7 Å². The molecule has 2 aliphatic rings. The van der Waals surface area contributed by atoms with Gasteiger partial charge in [-0.1, -0.05) is 0 Å². The molecule has 0 saturated carbocycles. The van der Waals surface area contributed by atoms with E-state index < -0.39 is 0 Å². The molecule has 3 rings (SSSR count). The summed E-state index contributed by atoms with van der Waals surface area (Å²) in [5.41, 5.74) is 0. The van der Waals surface area contributed by atoms with Crippen LogP contribution < -0.4 is 5.32 Å². The van der Waals surface area contributed by atoms with Crippen molar-refractivity contribution in [3.05, 3.63) is 20.8 Å². The van der Waals surface area contributed by atoms with Crippen LogP contribution in [0.15, 0.2) is 15.9 Å². The number of hydrogen-bond acceptors (Lipinski definition) is 3. The quantitative estimate of drug-likeness (QED) is 0.891. The maximum absolute atomic E-state index is 3.68. The molecular weight excluding hydrogens is 320 g/mol. The Labute approximate surface area is 128 Å². The molecule has 2 aliphatic heterocycles. The zero-order valence-corrected chi connectivity index (χ0v) is 14.0. The minimum Gasteiger partial charge on any atom is -0.314 e. The topological polar surface area (TPSA) is 15.3 Å². The lowest BCUT2D eigenvalue weighted by atomic mass is 9.88. The van der Waals surface area contributed by atoms with Crippen molar-refractivity contribution in [1.82, 2.24) is 10.2 Å². The first-order chi connectivity index (χ1) is 9.24. The molecule has 3 heterocycles. The second-order valence-electron chi connectivity index (χ2n) is 5.92. The minimum absolute atomic E-state index is 0.578. The van der Waals surface area contributed by atoms with E-state index in [4.69, 9.17) is 0 Å². The van der Waals surface area contributed by atoms with Gasteiger partial charge in [-0.05, 0) is 80.2 Å². The average Bonchev–Trinajstić information content (AvgIpc) is 3.09. The van der Waals surface area contributed by atoms with Gasteiger partial charge in [-0.3, -0.25) is 4.90 Å². The molecule has 106 valence electrons. The number of thiophene rings is 1. The number of nitrogens with zero attached hydrogens (tertiary/aromatic N) is 1. The SMILES string of the molecule is CC(c1cc(Br)cs1)N1CCC(C2CCCN2)CC1. The molecule has 1 aromatic heterocycles. The van der Waals surface area contributed by atoms with E-state index in [1.807, 2.05) is 11.3 Å². The largest absolute Gasteiger partial charge is 0.314 e. The fourth-order valence-electron chi connectivity index (χ4n) is 3.55. The summed E-state index contributed by atoms with van der Waals surface area (Å²) in [7, 11) is 0. The predicted molar refractivity (Wildman–Crippen MR) is 85.8 cm³/mol. The van der Waals surface area contributed by atoms with E-state index in [0.29, 0.717) is 6.04 Å². The zero-order chi connectivity index (χ0) is 13.2. The molecule has 4 heteroatoms. The van der Waals surface area contributed by atoms with Crippen molar-refractivity contribution >= 4 is 27.3 Å². The Kier molecular flexibility index (Phi) is 4.62. The van der Waals surface area contributed by atoms with Crippen LogP contribution in [0.2, 0.25) is 0 Å². The van der Waals surface area contributed by atoms with E-state index in [1.165, 1.54) is 54.7 Å². The molecular formula is C15H23BrN2S. The van der Waals surface area contributed by atoms with Gasteiger partial charge in [0.05, 0.1) is 0 Å². The Morgan fingerprint density at radius 1 is 1.37 bits per heavy atom. The number of hydrogen-bond donors (Lipinski definition) is 1. The van der Waals surface area contributed by atoms with Gasteiger partial charge in [-0.2, -0.15) is 0 Å². The van der Waals surface area contributed by atoms with Crippen LogP contribution in [0.5, 0.6) is 0 Å². The molecule has 2 nitrogen and oxygen atoms in total. The highest BCUT2D eigenvalue weighted by Gasteiger charge is 2.30. The Morgan fingerprint density at radius 3 is 2.74 bits per heavy atom. The highest BCUT2D eigenvalue weighted by molar-refractivity contribution is 9.10. The average molecular weight is 343 g/mol. The Morgan fingerprint density at radius 2 is 2.16 bits per heavy atom. The molecule has 0 amide bonds. The molecule has 0 aliphatic carbocycles. The summed E-state index contributed by atoms with van der Waals surface area (Å²) in [5, 5.41) is 5.88. The Balaban J connectivity index is 1.54. The lowest BCUT2D eigenvalue weighted by molar-refractivity contribution is 0.128. The highest BCUT2D eigenvalue weighted by Crippen LogP contribution is 2.33. The molecule has 1 aromatic rings. The molecule has 0 spiro atoms. The third kappa shape index (κ3) is 3.23. The van der Waals surface area contributed by atoms with E-state index in [1.54, 1.807) is 0 Å². The van der Waals surface area contributed by atoms with Gasteiger partial charge in [0.25, 0.3) is 0 Å². The van der Waals surface area contributed by atoms with Crippen molar-refractivity contribution < 1.29 is 0 Å². The van der Waals surface area contributed by atoms with Gasteiger partial charge in [-0.25, -0.2) is 0 Å². The van der Waals surface area contributed by atoms with Crippen molar-refractivity contribution in [2.75, 3.05) is 19.6 Å². The molecule has 0 bridgehead atoms. The molecule has 19 heavy (non-hydrogen) atoms. The first-order valence-corrected chi connectivity index (χ1v) is 9.12. The summed E-state index contributed by atoms with van der Waals surface area (Å²) in [6, 6.07) is 3.67. The first-order valence-electron chi connectivity index (χ1n) is 7.45. The molecule has 2 saturated heterocycles. The molecule has 0 aromatic carbocycles. The van der Waals surface area contributed by atoms with Crippen molar-refractivity contribution in [3.63, 3.8) is 0 Å². The lowest BCUT2D eigenvalue weighted by Gasteiger charge is -2.37. The normalized spacial score (nSPS) is 27.8. The lowest BCUT2D eigenvalue weighted by Crippen LogP contribution is -2.41. The van der Waals surface area contributed by atoms with Crippen LogP contribution in [-0.4, -0.2) is 30.6 Å². The van der Waals surface area contributed by atoms with Crippen molar-refractivity contribution in [2.24, 2.45) is 5.92 Å². The zero-order valence-electron chi connectivity index (χ0n) is 11.6. The van der Waals surface area contributed by atoms with E-state index in [9.17, 15) is 0 Å². The van der Waals surface area contributed by atoms with Gasteiger partial charge in [0.1, 0.15) is 0 Å². The van der Waals surface area contributed by atoms with Crippen LogP contribution in [0.1, 0.15) is 43.5 Å². The molecule has 2 atom stereocenters. The molecule has 0 radical (unpaired) electrons. The summed E-state index contributed by atoms with van der Waals surface area (Å²) in [6.07, 6.45) is 5.52. The number of piperidine rings is 1. The molecule has 2 unspecified atom stereocenters. The molecule has 2 fully saturated rings. The van der Waals surface area contributed by atoms with Gasteiger partial charge in [0.15, 0.2) is 0 Å². The van der Waals surface area contributed by atoms with Crippen molar-refractivity contribution in [1.29, 1.82) is 0 Å². The van der Waals surface area contributed by atoms with E-state index in [0.717, 1.165) is 12.0 Å². The number of halogens is 1. The number of likely N-dealkylation sites (tertiary alicyclic amines) is 1. The van der Waals surface area contributed by atoms with Gasteiger partial charge < -0.3 is 5.32 Å². The van der Waals surface area contributed by atoms with E-state index >= 15 is 0 Å². The fraction of sp³-hybridized carbons (Fsp3) is 0.733. The second kappa shape index (κ2) is 6.25. The monoisotopic (exact) mass is 342 g/mol. The smallest absolute Gasteiger partial charge is 0.0413 e. The van der Waals surface area contributed by atoms with Gasteiger partial charge in [0.2, 0.25) is 0 Å². The number of nitrogens with one attached hydrogen (secondary N) is 1. The van der Waals surface area contributed by atoms with E-state index in [2.05, 4.69) is 44.5 Å². The van der Waals surface area contributed by atoms with Crippen LogP contribution >= 0.6 is 27.3 Å². The van der Waals surface area contributed by atoms with Gasteiger partial charge in [-0.15, -0.1) is 11.3 Å².